The summed E-state index contributed by atoms with van der Waals surface area (Å²) in [5.41, 5.74) is 3.21. The number of nitrogens with zero attached hydrogens (tertiary/aromatic N) is 1. The zero-order chi connectivity index (χ0) is 18.2. The average Bonchev–Trinajstić information content (AvgIpc) is 3.02. The Balaban J connectivity index is 1.74. The number of aryl methyl sites for hydroxylation is 2. The molecule has 2 rings (SSSR count). The topological polar surface area (TPSA) is 58.6 Å². The zero-order valence-electron chi connectivity index (χ0n) is 14.9. The smallest absolute Gasteiger partial charge is 0.349 e. The van der Waals surface area contributed by atoms with Gasteiger partial charge in [0, 0.05) is 25.3 Å². The number of carbonyl (C=O) groups is 2. The number of ether oxygens (including phenoxy) is 1. The van der Waals surface area contributed by atoms with Crippen molar-refractivity contribution in [1.82, 2.24) is 5.32 Å². The number of esters is 1. The van der Waals surface area contributed by atoms with Gasteiger partial charge in [-0.05, 0) is 55.5 Å². The number of thiophene rings is 1. The molecule has 1 aromatic carbocycles. The van der Waals surface area contributed by atoms with Gasteiger partial charge >= 0.3 is 5.97 Å². The van der Waals surface area contributed by atoms with E-state index < -0.39 is 5.97 Å². The normalized spacial score (nSPS) is 10.4. The molecule has 0 bridgehead atoms. The number of anilines is 1. The molecule has 1 amide bonds. The number of benzene rings is 1. The Morgan fingerprint density at radius 1 is 1.24 bits per heavy atom. The maximum Gasteiger partial charge on any atom is 0.349 e. The van der Waals surface area contributed by atoms with E-state index >= 15 is 0 Å². The highest BCUT2D eigenvalue weighted by Gasteiger charge is 2.14. The summed E-state index contributed by atoms with van der Waals surface area (Å²) < 4.78 is 5.06. The quantitative estimate of drug-likeness (QED) is 0.735. The third-order valence-corrected chi connectivity index (χ3v) is 4.83. The highest BCUT2D eigenvalue weighted by Crippen LogP contribution is 2.16. The van der Waals surface area contributed by atoms with E-state index in [4.69, 9.17) is 4.74 Å². The molecular weight excluding hydrogens is 336 g/mol. The molecule has 6 heteroatoms. The third-order valence-electron chi connectivity index (χ3n) is 3.83. The molecule has 0 fully saturated rings. The molecule has 1 aromatic heterocycles. The SMILES string of the molecule is CCN(CCNC(=O)COC(=O)c1sccc1C)c1cccc(C)c1. The predicted octanol–water partition coefficient (Wildman–Crippen LogP) is 3.16. The molecule has 1 N–H and O–H groups in total. The number of carbonyl (C=O) groups excluding carboxylic acids is 2. The lowest BCUT2D eigenvalue weighted by Crippen LogP contribution is -2.36. The summed E-state index contributed by atoms with van der Waals surface area (Å²) in [6.45, 7) is 7.77. The van der Waals surface area contributed by atoms with Gasteiger partial charge in [-0.1, -0.05) is 12.1 Å². The highest BCUT2D eigenvalue weighted by molar-refractivity contribution is 7.12. The van der Waals surface area contributed by atoms with Gasteiger partial charge in [-0.25, -0.2) is 4.79 Å². The first-order valence-corrected chi connectivity index (χ1v) is 9.18. The highest BCUT2D eigenvalue weighted by atomic mass is 32.1. The van der Waals surface area contributed by atoms with Crippen molar-refractivity contribution in [2.45, 2.75) is 20.8 Å². The van der Waals surface area contributed by atoms with E-state index in [0.717, 1.165) is 17.8 Å². The molecule has 2 aromatic rings. The molecule has 0 saturated heterocycles. The van der Waals surface area contributed by atoms with Gasteiger partial charge in [-0.3, -0.25) is 4.79 Å². The Labute approximate surface area is 152 Å². The lowest BCUT2D eigenvalue weighted by atomic mass is 10.2. The largest absolute Gasteiger partial charge is 0.451 e. The zero-order valence-corrected chi connectivity index (χ0v) is 15.7. The van der Waals surface area contributed by atoms with Crippen LogP contribution >= 0.6 is 11.3 Å². The molecule has 5 nitrogen and oxygen atoms in total. The maximum atomic E-state index is 11.9. The molecule has 0 aliphatic carbocycles. The summed E-state index contributed by atoms with van der Waals surface area (Å²) in [4.78, 5) is 26.5. The fraction of sp³-hybridized carbons (Fsp3) is 0.368. The summed E-state index contributed by atoms with van der Waals surface area (Å²) in [5, 5.41) is 4.62. The van der Waals surface area contributed by atoms with Gasteiger partial charge in [0.15, 0.2) is 6.61 Å². The van der Waals surface area contributed by atoms with E-state index in [1.165, 1.54) is 16.9 Å². The van der Waals surface area contributed by atoms with Crippen LogP contribution in [-0.2, 0) is 9.53 Å². The number of hydrogen-bond donors (Lipinski definition) is 1. The van der Waals surface area contributed by atoms with E-state index in [2.05, 4.69) is 42.3 Å². The number of rotatable bonds is 8. The van der Waals surface area contributed by atoms with Crippen LogP contribution in [0, 0.1) is 13.8 Å². The van der Waals surface area contributed by atoms with Crippen molar-refractivity contribution in [3.8, 4) is 0 Å². The van der Waals surface area contributed by atoms with E-state index in [-0.39, 0.29) is 12.5 Å². The van der Waals surface area contributed by atoms with Gasteiger partial charge in [0.2, 0.25) is 0 Å². The van der Waals surface area contributed by atoms with Crippen molar-refractivity contribution < 1.29 is 14.3 Å². The van der Waals surface area contributed by atoms with Crippen LogP contribution in [0.3, 0.4) is 0 Å². The summed E-state index contributed by atoms with van der Waals surface area (Å²) >= 11 is 1.32. The summed E-state index contributed by atoms with van der Waals surface area (Å²) in [7, 11) is 0. The van der Waals surface area contributed by atoms with Gasteiger partial charge < -0.3 is 15.0 Å². The summed E-state index contributed by atoms with van der Waals surface area (Å²) in [6, 6.07) is 10.1. The minimum atomic E-state index is -0.447. The van der Waals surface area contributed by atoms with Crippen LogP contribution in [0.4, 0.5) is 5.69 Å². The second-order valence-corrected chi connectivity index (χ2v) is 6.69. The first kappa shape index (κ1) is 19.0. The molecular formula is C19H24N2O3S. The monoisotopic (exact) mass is 360 g/mol. The lowest BCUT2D eigenvalue weighted by Gasteiger charge is -2.23. The predicted molar refractivity (Wildman–Crippen MR) is 101 cm³/mol. The van der Waals surface area contributed by atoms with Crippen LogP contribution in [0.15, 0.2) is 35.7 Å². The average molecular weight is 360 g/mol. The van der Waals surface area contributed by atoms with Crippen molar-refractivity contribution in [3.63, 3.8) is 0 Å². The Hall–Kier alpha value is -2.34. The molecule has 1 heterocycles. The molecule has 0 unspecified atom stereocenters. The number of nitrogens with one attached hydrogen (secondary N) is 1. The lowest BCUT2D eigenvalue weighted by molar-refractivity contribution is -0.124. The minimum absolute atomic E-state index is 0.257. The Kier molecular flexibility index (Phi) is 7.01. The molecule has 0 atom stereocenters. The van der Waals surface area contributed by atoms with Crippen LogP contribution in [0.5, 0.6) is 0 Å². The fourth-order valence-corrected chi connectivity index (χ4v) is 3.27. The second kappa shape index (κ2) is 9.22. The van der Waals surface area contributed by atoms with E-state index in [0.29, 0.717) is 18.0 Å². The minimum Gasteiger partial charge on any atom is -0.451 e. The van der Waals surface area contributed by atoms with Gasteiger partial charge in [0.1, 0.15) is 4.88 Å². The Morgan fingerprint density at radius 2 is 2.04 bits per heavy atom. The molecule has 0 spiro atoms. The molecule has 0 radical (unpaired) electrons. The van der Waals surface area contributed by atoms with Gasteiger partial charge in [-0.15, -0.1) is 11.3 Å². The van der Waals surface area contributed by atoms with Crippen molar-refractivity contribution >= 4 is 28.9 Å². The van der Waals surface area contributed by atoms with Gasteiger partial charge in [0.25, 0.3) is 5.91 Å². The Morgan fingerprint density at radius 3 is 2.68 bits per heavy atom. The Bertz CT molecular complexity index is 727. The van der Waals surface area contributed by atoms with E-state index in [9.17, 15) is 9.59 Å². The van der Waals surface area contributed by atoms with Crippen LogP contribution in [0.2, 0.25) is 0 Å². The molecule has 0 aliphatic rings. The van der Waals surface area contributed by atoms with Gasteiger partial charge in [-0.2, -0.15) is 0 Å². The van der Waals surface area contributed by atoms with E-state index in [1.807, 2.05) is 24.4 Å². The van der Waals surface area contributed by atoms with Crippen LogP contribution in [-0.4, -0.2) is 38.1 Å². The second-order valence-electron chi connectivity index (χ2n) is 5.78. The van der Waals surface area contributed by atoms with Crippen LogP contribution in [0.1, 0.15) is 27.7 Å². The molecule has 0 saturated carbocycles. The summed E-state index contributed by atoms with van der Waals surface area (Å²) in [6.07, 6.45) is 0. The fourth-order valence-electron chi connectivity index (χ4n) is 2.45. The van der Waals surface area contributed by atoms with Crippen molar-refractivity contribution in [1.29, 1.82) is 0 Å². The molecule has 0 aliphatic heterocycles. The van der Waals surface area contributed by atoms with Gasteiger partial charge in [0.05, 0.1) is 0 Å². The number of amides is 1. The van der Waals surface area contributed by atoms with Crippen LogP contribution in [0.25, 0.3) is 0 Å². The van der Waals surface area contributed by atoms with E-state index in [1.54, 1.807) is 0 Å². The first-order valence-electron chi connectivity index (χ1n) is 8.30. The standard InChI is InChI=1S/C19H24N2O3S/c1-4-21(16-7-5-6-14(2)12-16)10-9-20-17(22)13-24-19(23)18-15(3)8-11-25-18/h5-8,11-12H,4,9-10,13H2,1-3H3,(H,20,22). The number of likely N-dealkylation sites (N-methyl/N-ethyl adjacent to an activating group) is 1. The first-order chi connectivity index (χ1) is 12.0. The maximum absolute atomic E-state index is 11.9. The number of hydrogen-bond acceptors (Lipinski definition) is 5. The molecule has 25 heavy (non-hydrogen) atoms. The molecule has 134 valence electrons. The van der Waals surface area contributed by atoms with Crippen molar-refractivity contribution in [3.05, 3.63) is 51.7 Å². The van der Waals surface area contributed by atoms with Crippen molar-refractivity contribution in [2.24, 2.45) is 0 Å². The summed E-state index contributed by atoms with van der Waals surface area (Å²) in [5.74, 6) is -0.736. The third kappa shape index (κ3) is 5.60. The van der Waals surface area contributed by atoms with Crippen molar-refractivity contribution in [2.75, 3.05) is 31.1 Å². The van der Waals surface area contributed by atoms with Crippen LogP contribution < -0.4 is 10.2 Å².